The summed E-state index contributed by atoms with van der Waals surface area (Å²) in [5, 5.41) is 12.9. The molecular weight excluding hydrogens is 422 g/mol. The van der Waals surface area contributed by atoms with E-state index in [0.717, 1.165) is 11.1 Å². The molecule has 1 aromatic heterocycles. The third kappa shape index (κ3) is 5.02. The van der Waals surface area contributed by atoms with Gasteiger partial charge in [-0.2, -0.15) is 0 Å². The Hall–Kier alpha value is -3.75. The molecule has 3 aromatic rings. The second-order valence-electron chi connectivity index (χ2n) is 7.64. The molecule has 2 N–H and O–H groups in total. The van der Waals surface area contributed by atoms with E-state index in [1.165, 1.54) is 7.11 Å². The number of nitrogens with zero attached hydrogens (tertiary/aromatic N) is 2. The van der Waals surface area contributed by atoms with Crippen LogP contribution in [0.25, 0.3) is 0 Å². The molecule has 2 atom stereocenters. The fourth-order valence-corrected chi connectivity index (χ4v) is 3.89. The van der Waals surface area contributed by atoms with Gasteiger partial charge in [0, 0.05) is 24.6 Å². The van der Waals surface area contributed by atoms with Crippen molar-refractivity contribution in [2.24, 2.45) is 0 Å². The average Bonchev–Trinajstić information content (AvgIpc) is 2.86. The number of aromatic nitrogens is 1. The number of hydrogen-bond acceptors (Lipinski definition) is 6. The molecule has 1 fully saturated rings. The van der Waals surface area contributed by atoms with Crippen molar-refractivity contribution in [3.05, 3.63) is 89.7 Å². The summed E-state index contributed by atoms with van der Waals surface area (Å²) in [5.74, 6) is 0.0336. The molecule has 8 heteroatoms. The highest BCUT2D eigenvalue weighted by atomic mass is 16.5. The van der Waals surface area contributed by atoms with Crippen molar-refractivity contribution in [3.63, 3.8) is 0 Å². The molecule has 0 saturated carbocycles. The first-order valence-electron chi connectivity index (χ1n) is 10.6. The zero-order valence-corrected chi connectivity index (χ0v) is 18.2. The first kappa shape index (κ1) is 22.4. The number of anilines is 1. The van der Waals surface area contributed by atoms with E-state index in [4.69, 9.17) is 9.47 Å². The number of methoxy groups -OCH3 is 1. The fourth-order valence-electron chi connectivity index (χ4n) is 3.89. The molecule has 0 unspecified atom stereocenters. The van der Waals surface area contributed by atoms with Gasteiger partial charge in [-0.05, 0) is 47.5 Å². The number of morpholine rings is 1. The summed E-state index contributed by atoms with van der Waals surface area (Å²) >= 11 is 0. The maximum absolute atomic E-state index is 12.6. The highest BCUT2D eigenvalue weighted by Gasteiger charge is 2.37. The summed E-state index contributed by atoms with van der Waals surface area (Å²) in [7, 11) is 1.52. The zero-order valence-electron chi connectivity index (χ0n) is 18.2. The maximum Gasteiger partial charge on any atom is 0.259 e. The molecule has 2 amide bonds. The molecule has 0 bridgehead atoms. The van der Waals surface area contributed by atoms with Crippen molar-refractivity contribution in [2.45, 2.75) is 18.7 Å². The highest BCUT2D eigenvalue weighted by molar-refractivity contribution is 6.06. The zero-order chi connectivity index (χ0) is 23.2. The Morgan fingerprint density at radius 3 is 2.58 bits per heavy atom. The minimum atomic E-state index is -0.534. The monoisotopic (exact) mass is 447 g/mol. The minimum Gasteiger partial charge on any atom is -0.496 e. The Balaban J connectivity index is 1.49. The van der Waals surface area contributed by atoms with E-state index < -0.39 is 12.1 Å². The molecular formula is C25H25N3O5. The molecule has 2 heterocycles. The van der Waals surface area contributed by atoms with Gasteiger partial charge in [0.1, 0.15) is 18.5 Å². The number of carbonyl (C=O) groups is 2. The van der Waals surface area contributed by atoms with Crippen LogP contribution in [-0.2, 0) is 16.1 Å². The van der Waals surface area contributed by atoms with Crippen molar-refractivity contribution in [1.82, 2.24) is 9.88 Å². The van der Waals surface area contributed by atoms with Crippen LogP contribution in [0.4, 0.5) is 5.69 Å². The summed E-state index contributed by atoms with van der Waals surface area (Å²) in [5.41, 5.74) is 2.77. The van der Waals surface area contributed by atoms with Gasteiger partial charge in [-0.25, -0.2) is 0 Å². The molecule has 2 aromatic carbocycles. The van der Waals surface area contributed by atoms with Crippen LogP contribution in [-0.4, -0.2) is 53.2 Å². The first-order chi connectivity index (χ1) is 16.1. The molecule has 1 aliphatic heterocycles. The van der Waals surface area contributed by atoms with Crippen LogP contribution in [0.2, 0.25) is 0 Å². The number of aliphatic hydroxyl groups excluding tert-OH is 1. The van der Waals surface area contributed by atoms with Crippen molar-refractivity contribution >= 4 is 17.5 Å². The molecule has 33 heavy (non-hydrogen) atoms. The normalized spacial score (nSPS) is 18.1. The van der Waals surface area contributed by atoms with Crippen LogP contribution in [0, 0.1) is 0 Å². The van der Waals surface area contributed by atoms with Crippen LogP contribution in [0.3, 0.4) is 0 Å². The average molecular weight is 447 g/mol. The largest absolute Gasteiger partial charge is 0.496 e. The smallest absolute Gasteiger partial charge is 0.259 e. The minimum absolute atomic E-state index is 0.0709. The number of aliphatic hydroxyl groups is 1. The van der Waals surface area contributed by atoms with Crippen molar-refractivity contribution in [1.29, 1.82) is 0 Å². The second kappa shape index (κ2) is 10.2. The number of hydrogen-bond donors (Lipinski definition) is 2. The van der Waals surface area contributed by atoms with Crippen LogP contribution >= 0.6 is 0 Å². The van der Waals surface area contributed by atoms with E-state index >= 15 is 0 Å². The summed E-state index contributed by atoms with van der Waals surface area (Å²) in [6.45, 7) is 0.0474. The Labute approximate surface area is 191 Å². The number of pyridine rings is 1. The van der Waals surface area contributed by atoms with E-state index in [2.05, 4.69) is 10.3 Å². The topological polar surface area (TPSA) is 101 Å². The standard InChI is InChI=1S/C25H25N3O5/c1-32-22-5-3-2-4-20(22)25(31)27-19-8-6-18(7-9-19)24-21(15-29)28(23(30)16-33-24)14-17-10-12-26-13-11-17/h2-13,21,24,29H,14-16H2,1H3,(H,27,31)/t21-,24-/m1/s1. The van der Waals surface area contributed by atoms with E-state index in [-0.39, 0.29) is 25.0 Å². The summed E-state index contributed by atoms with van der Waals surface area (Å²) in [4.78, 5) is 30.8. The van der Waals surface area contributed by atoms with Gasteiger partial charge in [-0.15, -0.1) is 0 Å². The van der Waals surface area contributed by atoms with E-state index in [0.29, 0.717) is 23.5 Å². The maximum atomic E-state index is 12.6. The van der Waals surface area contributed by atoms with E-state index in [1.54, 1.807) is 53.7 Å². The van der Waals surface area contributed by atoms with E-state index in [9.17, 15) is 14.7 Å². The van der Waals surface area contributed by atoms with Gasteiger partial charge in [0.05, 0.1) is 25.3 Å². The second-order valence-corrected chi connectivity index (χ2v) is 7.64. The number of amides is 2. The molecule has 8 nitrogen and oxygen atoms in total. The van der Waals surface area contributed by atoms with E-state index in [1.807, 2.05) is 24.3 Å². The molecule has 0 aliphatic carbocycles. The number of para-hydroxylation sites is 1. The third-order valence-corrected chi connectivity index (χ3v) is 5.59. The predicted molar refractivity (Wildman–Crippen MR) is 122 cm³/mol. The number of nitrogens with one attached hydrogen (secondary N) is 1. The lowest BCUT2D eigenvalue weighted by Crippen LogP contribution is -2.52. The molecule has 4 rings (SSSR count). The quantitative estimate of drug-likeness (QED) is 0.578. The van der Waals surface area contributed by atoms with Gasteiger partial charge >= 0.3 is 0 Å². The van der Waals surface area contributed by atoms with Crippen LogP contribution < -0.4 is 10.1 Å². The van der Waals surface area contributed by atoms with Crippen LogP contribution in [0.5, 0.6) is 5.75 Å². The summed E-state index contributed by atoms with van der Waals surface area (Å²) in [6.07, 6.45) is 2.85. The molecule has 0 spiro atoms. The van der Waals surface area contributed by atoms with Gasteiger partial charge in [0.2, 0.25) is 5.91 Å². The molecule has 1 aliphatic rings. The van der Waals surface area contributed by atoms with Crippen molar-refractivity contribution < 1.29 is 24.2 Å². The predicted octanol–water partition coefficient (Wildman–Crippen LogP) is 2.80. The van der Waals surface area contributed by atoms with Gasteiger partial charge < -0.3 is 24.8 Å². The lowest BCUT2D eigenvalue weighted by molar-refractivity contribution is -0.162. The summed E-state index contributed by atoms with van der Waals surface area (Å²) < 4.78 is 11.1. The SMILES string of the molecule is COc1ccccc1C(=O)Nc1ccc([C@H]2OCC(=O)N(Cc3ccncc3)[C@@H]2CO)cc1. The number of carbonyl (C=O) groups excluding carboxylic acids is 2. The molecule has 0 radical (unpaired) electrons. The lowest BCUT2D eigenvalue weighted by Gasteiger charge is -2.40. The Morgan fingerprint density at radius 2 is 1.88 bits per heavy atom. The van der Waals surface area contributed by atoms with Crippen LogP contribution in [0.15, 0.2) is 73.1 Å². The van der Waals surface area contributed by atoms with Crippen LogP contribution in [0.1, 0.15) is 27.6 Å². The molecule has 1 saturated heterocycles. The first-order valence-corrected chi connectivity index (χ1v) is 10.6. The van der Waals surface area contributed by atoms with Crippen molar-refractivity contribution in [2.75, 3.05) is 25.6 Å². The van der Waals surface area contributed by atoms with Gasteiger partial charge in [0.25, 0.3) is 5.91 Å². The van der Waals surface area contributed by atoms with Gasteiger partial charge in [-0.1, -0.05) is 24.3 Å². The number of rotatable bonds is 7. The van der Waals surface area contributed by atoms with Gasteiger partial charge in [-0.3, -0.25) is 14.6 Å². The van der Waals surface area contributed by atoms with Crippen molar-refractivity contribution in [3.8, 4) is 5.75 Å². The van der Waals surface area contributed by atoms with Gasteiger partial charge in [0.15, 0.2) is 0 Å². The highest BCUT2D eigenvalue weighted by Crippen LogP contribution is 2.31. The Bertz CT molecular complexity index is 1100. The number of benzene rings is 2. The molecule has 170 valence electrons. The third-order valence-electron chi connectivity index (χ3n) is 5.59. The lowest BCUT2D eigenvalue weighted by atomic mass is 9.98. The summed E-state index contributed by atoms with van der Waals surface area (Å²) in [6, 6.07) is 17.3. The Kier molecular flexibility index (Phi) is 6.97. The Morgan fingerprint density at radius 1 is 1.15 bits per heavy atom. The fraction of sp³-hybridized carbons (Fsp3) is 0.240. The number of ether oxygens (including phenoxy) is 2.